The Hall–Kier alpha value is -2.22. The summed E-state index contributed by atoms with van der Waals surface area (Å²) in [7, 11) is -3.64. The molecule has 0 unspecified atom stereocenters. The second-order valence-electron chi connectivity index (χ2n) is 6.23. The summed E-state index contributed by atoms with van der Waals surface area (Å²) in [5.74, 6) is 0.684. The topological polar surface area (TPSA) is 75.2 Å². The Morgan fingerprint density at radius 2 is 2.00 bits per heavy atom. The molecule has 1 saturated heterocycles. The van der Waals surface area contributed by atoms with E-state index in [2.05, 4.69) is 14.7 Å². The SMILES string of the molecule is O=S(=O)(N[C@H]1CCN(c2ncccc2Cl)C1)c1cnc2ccccc2c1. The van der Waals surface area contributed by atoms with Gasteiger partial charge >= 0.3 is 0 Å². The van der Waals surface area contributed by atoms with Gasteiger partial charge in [0.2, 0.25) is 10.0 Å². The van der Waals surface area contributed by atoms with Crippen LogP contribution < -0.4 is 9.62 Å². The summed E-state index contributed by atoms with van der Waals surface area (Å²) in [6.45, 7) is 1.22. The number of fused-ring (bicyclic) bond motifs is 1. The predicted molar refractivity (Wildman–Crippen MR) is 102 cm³/mol. The van der Waals surface area contributed by atoms with E-state index in [1.54, 1.807) is 24.4 Å². The van der Waals surface area contributed by atoms with E-state index in [4.69, 9.17) is 11.6 Å². The van der Waals surface area contributed by atoms with E-state index in [0.717, 1.165) is 10.9 Å². The number of pyridine rings is 2. The Morgan fingerprint density at radius 1 is 1.15 bits per heavy atom. The molecular formula is C18H17ClN4O2S. The van der Waals surface area contributed by atoms with Crippen molar-refractivity contribution in [2.24, 2.45) is 0 Å². The minimum Gasteiger partial charge on any atom is -0.354 e. The van der Waals surface area contributed by atoms with Gasteiger partial charge in [-0.2, -0.15) is 0 Å². The van der Waals surface area contributed by atoms with Gasteiger partial charge in [-0.1, -0.05) is 29.8 Å². The summed E-state index contributed by atoms with van der Waals surface area (Å²) in [6, 6.07) is 12.4. The molecule has 0 saturated carbocycles. The number of hydrogen-bond acceptors (Lipinski definition) is 5. The van der Waals surface area contributed by atoms with Crippen LogP contribution in [0.15, 0.2) is 59.8 Å². The van der Waals surface area contributed by atoms with Crippen molar-refractivity contribution < 1.29 is 8.42 Å². The third kappa shape index (κ3) is 3.38. The maximum absolute atomic E-state index is 12.7. The first-order chi connectivity index (χ1) is 12.5. The maximum Gasteiger partial charge on any atom is 0.242 e. The van der Waals surface area contributed by atoms with Crippen LogP contribution in [0, 0.1) is 0 Å². The fourth-order valence-electron chi connectivity index (χ4n) is 3.14. The third-order valence-electron chi connectivity index (χ3n) is 4.42. The highest BCUT2D eigenvalue weighted by atomic mass is 35.5. The molecule has 1 N–H and O–H groups in total. The molecule has 0 amide bonds. The zero-order chi connectivity index (χ0) is 18.1. The standard InChI is InChI=1S/C18H17ClN4O2S/c19-16-5-3-8-20-18(16)23-9-7-14(12-23)22-26(24,25)15-10-13-4-1-2-6-17(13)21-11-15/h1-6,8,10-11,14,22H,7,9,12H2/t14-/m0/s1. The quantitative estimate of drug-likeness (QED) is 0.743. The van der Waals surface area contributed by atoms with E-state index < -0.39 is 10.0 Å². The highest BCUT2D eigenvalue weighted by Gasteiger charge is 2.29. The predicted octanol–water partition coefficient (Wildman–Crippen LogP) is 2.84. The van der Waals surface area contributed by atoms with Crippen LogP contribution in [-0.2, 0) is 10.0 Å². The van der Waals surface area contributed by atoms with Crippen LogP contribution in [0.3, 0.4) is 0 Å². The first-order valence-electron chi connectivity index (χ1n) is 8.25. The molecule has 0 bridgehead atoms. The fourth-order valence-corrected chi connectivity index (χ4v) is 4.63. The molecule has 0 radical (unpaired) electrons. The van der Waals surface area contributed by atoms with Crippen molar-refractivity contribution in [3.8, 4) is 0 Å². The minimum absolute atomic E-state index is 0.172. The number of sulfonamides is 1. The molecule has 0 spiro atoms. The van der Waals surface area contributed by atoms with E-state index in [1.807, 2.05) is 29.2 Å². The van der Waals surface area contributed by atoms with Crippen LogP contribution >= 0.6 is 11.6 Å². The number of rotatable bonds is 4. The van der Waals surface area contributed by atoms with E-state index in [-0.39, 0.29) is 10.9 Å². The first kappa shape index (κ1) is 17.2. The van der Waals surface area contributed by atoms with Crippen LogP contribution in [-0.4, -0.2) is 37.5 Å². The molecule has 1 aliphatic rings. The van der Waals surface area contributed by atoms with Gasteiger partial charge in [0.25, 0.3) is 0 Å². The minimum atomic E-state index is -3.64. The summed E-state index contributed by atoms with van der Waals surface area (Å²) in [5.41, 5.74) is 0.767. The molecule has 3 heterocycles. The highest BCUT2D eigenvalue weighted by molar-refractivity contribution is 7.89. The Balaban J connectivity index is 1.52. The average molecular weight is 389 g/mol. The second-order valence-corrected chi connectivity index (χ2v) is 8.35. The molecule has 1 atom stereocenters. The normalized spacial score (nSPS) is 17.7. The molecule has 1 aliphatic heterocycles. The average Bonchev–Trinajstić information content (AvgIpc) is 3.09. The molecular weight excluding hydrogens is 372 g/mol. The smallest absolute Gasteiger partial charge is 0.242 e. The number of aromatic nitrogens is 2. The van der Waals surface area contributed by atoms with E-state index in [1.165, 1.54) is 6.20 Å². The third-order valence-corrected chi connectivity index (χ3v) is 6.21. The zero-order valence-electron chi connectivity index (χ0n) is 13.8. The molecule has 26 heavy (non-hydrogen) atoms. The van der Waals surface area contributed by atoms with Gasteiger partial charge in [-0.3, -0.25) is 4.98 Å². The van der Waals surface area contributed by atoms with Gasteiger partial charge in [0.1, 0.15) is 10.7 Å². The Morgan fingerprint density at radius 3 is 2.85 bits per heavy atom. The Labute approximate surface area is 156 Å². The highest BCUT2D eigenvalue weighted by Crippen LogP contribution is 2.26. The van der Waals surface area contributed by atoms with Crippen molar-refractivity contribution in [1.29, 1.82) is 0 Å². The molecule has 4 rings (SSSR count). The zero-order valence-corrected chi connectivity index (χ0v) is 15.4. The van der Waals surface area contributed by atoms with Crippen molar-refractivity contribution in [1.82, 2.24) is 14.7 Å². The van der Waals surface area contributed by atoms with Crippen LogP contribution in [0.2, 0.25) is 5.02 Å². The lowest BCUT2D eigenvalue weighted by Crippen LogP contribution is -2.37. The van der Waals surface area contributed by atoms with Gasteiger partial charge < -0.3 is 4.90 Å². The number of para-hydroxylation sites is 1. The van der Waals surface area contributed by atoms with Crippen molar-refractivity contribution in [2.75, 3.05) is 18.0 Å². The molecule has 1 aromatic carbocycles. The van der Waals surface area contributed by atoms with Gasteiger partial charge in [-0.25, -0.2) is 18.1 Å². The molecule has 3 aromatic rings. The van der Waals surface area contributed by atoms with Crippen molar-refractivity contribution >= 4 is 38.3 Å². The van der Waals surface area contributed by atoms with E-state index in [0.29, 0.717) is 30.4 Å². The summed E-state index contributed by atoms with van der Waals surface area (Å²) in [4.78, 5) is 10.7. The van der Waals surface area contributed by atoms with Gasteiger partial charge in [-0.05, 0) is 30.7 Å². The van der Waals surface area contributed by atoms with E-state index in [9.17, 15) is 8.42 Å². The van der Waals surface area contributed by atoms with Crippen molar-refractivity contribution in [3.05, 3.63) is 59.9 Å². The van der Waals surface area contributed by atoms with Crippen LogP contribution in [0.5, 0.6) is 0 Å². The number of anilines is 1. The van der Waals surface area contributed by atoms with Gasteiger partial charge in [-0.15, -0.1) is 0 Å². The van der Waals surface area contributed by atoms with Crippen LogP contribution in [0.4, 0.5) is 5.82 Å². The lowest BCUT2D eigenvalue weighted by atomic mass is 10.2. The largest absolute Gasteiger partial charge is 0.354 e. The fraction of sp³-hybridized carbons (Fsp3) is 0.222. The first-order valence-corrected chi connectivity index (χ1v) is 10.1. The maximum atomic E-state index is 12.7. The van der Waals surface area contributed by atoms with Crippen LogP contribution in [0.25, 0.3) is 10.9 Å². The van der Waals surface area contributed by atoms with Gasteiger partial charge in [0.15, 0.2) is 0 Å². The number of halogens is 1. The van der Waals surface area contributed by atoms with Crippen molar-refractivity contribution in [2.45, 2.75) is 17.4 Å². The molecule has 2 aromatic heterocycles. The summed E-state index contributed by atoms with van der Waals surface area (Å²) in [6.07, 6.45) is 3.76. The van der Waals surface area contributed by atoms with E-state index >= 15 is 0 Å². The van der Waals surface area contributed by atoms with Crippen molar-refractivity contribution in [3.63, 3.8) is 0 Å². The monoisotopic (exact) mass is 388 g/mol. The molecule has 1 fully saturated rings. The van der Waals surface area contributed by atoms with Gasteiger partial charge in [0.05, 0.1) is 10.5 Å². The molecule has 6 nitrogen and oxygen atoms in total. The Kier molecular flexibility index (Phi) is 4.52. The van der Waals surface area contributed by atoms with Gasteiger partial charge in [0, 0.05) is 36.9 Å². The summed E-state index contributed by atoms with van der Waals surface area (Å²) >= 11 is 6.19. The summed E-state index contributed by atoms with van der Waals surface area (Å²) in [5, 5.41) is 1.36. The number of benzene rings is 1. The lowest BCUT2D eigenvalue weighted by Gasteiger charge is -2.19. The molecule has 134 valence electrons. The van der Waals surface area contributed by atoms with Crippen LogP contribution in [0.1, 0.15) is 6.42 Å². The Bertz CT molecular complexity index is 1060. The molecule has 8 heteroatoms. The molecule has 0 aliphatic carbocycles. The number of nitrogens with one attached hydrogen (secondary N) is 1. The summed E-state index contributed by atoms with van der Waals surface area (Å²) < 4.78 is 28.2. The number of nitrogens with zero attached hydrogens (tertiary/aromatic N) is 3. The number of hydrogen-bond donors (Lipinski definition) is 1. The lowest BCUT2D eigenvalue weighted by molar-refractivity contribution is 0.561. The second kappa shape index (κ2) is 6.83.